The van der Waals surface area contributed by atoms with Gasteiger partial charge < -0.3 is 0 Å². The molecule has 1 unspecified atom stereocenters. The van der Waals surface area contributed by atoms with Crippen LogP contribution < -0.4 is 11.3 Å². The molecule has 0 amide bonds. The van der Waals surface area contributed by atoms with Crippen molar-refractivity contribution in [2.24, 2.45) is 5.84 Å². The van der Waals surface area contributed by atoms with Crippen LogP contribution in [0.15, 0.2) is 60.8 Å². The summed E-state index contributed by atoms with van der Waals surface area (Å²) in [6.07, 6.45) is 2.80. The van der Waals surface area contributed by atoms with Crippen molar-refractivity contribution in [1.82, 2.24) is 10.4 Å². The monoisotopic (exact) mass is 277 g/mol. The fourth-order valence-corrected chi connectivity index (χ4v) is 2.86. The second-order valence-electron chi connectivity index (χ2n) is 5.07. The van der Waals surface area contributed by atoms with Crippen LogP contribution in [0.5, 0.6) is 0 Å². The zero-order valence-electron chi connectivity index (χ0n) is 12.1. The lowest BCUT2D eigenvalue weighted by molar-refractivity contribution is 0.635. The van der Waals surface area contributed by atoms with E-state index in [0.29, 0.717) is 0 Å². The topological polar surface area (TPSA) is 50.9 Å². The molecule has 2 aromatic carbocycles. The Balaban J connectivity index is 2.19. The van der Waals surface area contributed by atoms with E-state index in [4.69, 9.17) is 5.84 Å². The van der Waals surface area contributed by atoms with E-state index in [0.717, 1.165) is 22.9 Å². The highest BCUT2D eigenvalue weighted by atomic mass is 15.2. The second-order valence-corrected chi connectivity index (χ2v) is 5.07. The molecular formula is C18H19N3. The van der Waals surface area contributed by atoms with Crippen LogP contribution in [0.1, 0.15) is 29.7 Å². The summed E-state index contributed by atoms with van der Waals surface area (Å²) in [5.41, 5.74) is 7.65. The van der Waals surface area contributed by atoms with Crippen molar-refractivity contribution in [1.29, 1.82) is 0 Å². The first-order valence-corrected chi connectivity index (χ1v) is 7.22. The van der Waals surface area contributed by atoms with Crippen LogP contribution in [0.25, 0.3) is 10.9 Å². The van der Waals surface area contributed by atoms with Gasteiger partial charge in [-0.1, -0.05) is 49.4 Å². The molecule has 1 heterocycles. The molecule has 0 bridgehead atoms. The molecule has 21 heavy (non-hydrogen) atoms. The maximum Gasteiger partial charge on any atom is 0.0719 e. The molecule has 3 nitrogen and oxygen atoms in total. The van der Waals surface area contributed by atoms with Gasteiger partial charge in [-0.2, -0.15) is 0 Å². The summed E-state index contributed by atoms with van der Waals surface area (Å²) < 4.78 is 0. The van der Waals surface area contributed by atoms with E-state index in [-0.39, 0.29) is 6.04 Å². The average molecular weight is 277 g/mol. The van der Waals surface area contributed by atoms with Crippen molar-refractivity contribution in [3.63, 3.8) is 0 Å². The van der Waals surface area contributed by atoms with Crippen molar-refractivity contribution in [2.45, 2.75) is 19.4 Å². The third-order valence-electron chi connectivity index (χ3n) is 3.90. The highest BCUT2D eigenvalue weighted by Gasteiger charge is 2.17. The van der Waals surface area contributed by atoms with Gasteiger partial charge in [-0.3, -0.25) is 10.8 Å². The molecule has 1 aromatic heterocycles. The summed E-state index contributed by atoms with van der Waals surface area (Å²) in [6, 6.07) is 18.6. The third-order valence-corrected chi connectivity index (χ3v) is 3.90. The van der Waals surface area contributed by atoms with Gasteiger partial charge in [0.25, 0.3) is 0 Å². The first-order chi connectivity index (χ1) is 10.3. The summed E-state index contributed by atoms with van der Waals surface area (Å²) in [5, 5.41) is 1.13. The van der Waals surface area contributed by atoms with Gasteiger partial charge in [-0.25, -0.2) is 5.43 Å². The second kappa shape index (κ2) is 6.04. The fraction of sp³-hybridized carbons (Fsp3) is 0.167. The van der Waals surface area contributed by atoms with Crippen LogP contribution in [-0.4, -0.2) is 4.98 Å². The third kappa shape index (κ3) is 2.53. The van der Waals surface area contributed by atoms with Crippen molar-refractivity contribution in [3.8, 4) is 0 Å². The van der Waals surface area contributed by atoms with Gasteiger partial charge in [0.05, 0.1) is 11.6 Å². The molecule has 106 valence electrons. The molecule has 0 saturated heterocycles. The molecule has 3 rings (SSSR count). The molecule has 0 spiro atoms. The average Bonchev–Trinajstić information content (AvgIpc) is 2.56. The minimum atomic E-state index is -0.0333. The van der Waals surface area contributed by atoms with Crippen LogP contribution in [0, 0.1) is 0 Å². The number of aryl methyl sites for hydroxylation is 1. The number of hydrogen-bond donors (Lipinski definition) is 2. The highest BCUT2D eigenvalue weighted by Crippen LogP contribution is 2.29. The van der Waals surface area contributed by atoms with Crippen molar-refractivity contribution >= 4 is 10.9 Å². The van der Waals surface area contributed by atoms with Crippen molar-refractivity contribution < 1.29 is 0 Å². The van der Waals surface area contributed by atoms with Gasteiger partial charge in [0, 0.05) is 11.6 Å². The van der Waals surface area contributed by atoms with Crippen molar-refractivity contribution in [2.75, 3.05) is 0 Å². The fourth-order valence-electron chi connectivity index (χ4n) is 2.86. The number of hydrogen-bond acceptors (Lipinski definition) is 3. The van der Waals surface area contributed by atoms with E-state index in [1.807, 2.05) is 24.4 Å². The molecular weight excluding hydrogens is 258 g/mol. The van der Waals surface area contributed by atoms with Crippen LogP contribution >= 0.6 is 0 Å². The van der Waals surface area contributed by atoms with E-state index in [2.05, 4.69) is 53.7 Å². The molecule has 0 aliphatic rings. The highest BCUT2D eigenvalue weighted by molar-refractivity contribution is 5.83. The molecule has 3 heteroatoms. The molecule has 1 atom stereocenters. The smallest absolute Gasteiger partial charge is 0.0719 e. The van der Waals surface area contributed by atoms with Crippen molar-refractivity contribution in [3.05, 3.63) is 77.5 Å². The minimum Gasteiger partial charge on any atom is -0.271 e. The lowest BCUT2D eigenvalue weighted by Crippen LogP contribution is -2.29. The van der Waals surface area contributed by atoms with E-state index >= 15 is 0 Å². The Morgan fingerprint density at radius 3 is 2.62 bits per heavy atom. The van der Waals surface area contributed by atoms with Gasteiger partial charge in [0.1, 0.15) is 0 Å². The Kier molecular flexibility index (Phi) is 3.95. The molecule has 3 N–H and O–H groups in total. The molecule has 0 fully saturated rings. The maximum absolute atomic E-state index is 5.88. The SMILES string of the molecule is CCc1ccccc1C(NN)c1cccc2ncccc12. The van der Waals surface area contributed by atoms with Crippen LogP contribution in [0.3, 0.4) is 0 Å². The zero-order chi connectivity index (χ0) is 14.7. The van der Waals surface area contributed by atoms with Crippen LogP contribution in [0.4, 0.5) is 0 Å². The van der Waals surface area contributed by atoms with Gasteiger partial charge >= 0.3 is 0 Å². The van der Waals surface area contributed by atoms with E-state index in [9.17, 15) is 0 Å². The first kappa shape index (κ1) is 13.7. The predicted octanol–water partition coefficient (Wildman–Crippen LogP) is 3.35. The predicted molar refractivity (Wildman–Crippen MR) is 86.7 cm³/mol. The molecule has 3 aromatic rings. The Labute approximate surface area is 124 Å². The lowest BCUT2D eigenvalue weighted by atomic mass is 9.91. The number of pyridine rings is 1. The van der Waals surface area contributed by atoms with Crippen LogP contribution in [-0.2, 0) is 6.42 Å². The summed E-state index contributed by atoms with van der Waals surface area (Å²) in [5.74, 6) is 5.88. The number of rotatable bonds is 4. The maximum atomic E-state index is 5.88. The number of hydrazine groups is 1. The molecule has 0 saturated carbocycles. The van der Waals surface area contributed by atoms with Gasteiger partial charge in [0.2, 0.25) is 0 Å². The van der Waals surface area contributed by atoms with Crippen LogP contribution in [0.2, 0.25) is 0 Å². The quantitative estimate of drug-likeness (QED) is 0.568. The standard InChI is InChI=1S/C18H19N3/c1-2-13-7-3-4-8-14(13)18(21-19)16-9-5-11-17-15(16)10-6-12-20-17/h3-12,18,21H,2,19H2,1H3. The summed E-state index contributed by atoms with van der Waals surface area (Å²) in [6.45, 7) is 2.16. The van der Waals surface area contributed by atoms with E-state index in [1.54, 1.807) is 0 Å². The number of nitrogens with one attached hydrogen (secondary N) is 1. The van der Waals surface area contributed by atoms with Gasteiger partial charge in [0.15, 0.2) is 0 Å². The van der Waals surface area contributed by atoms with Gasteiger partial charge in [-0.15, -0.1) is 0 Å². The van der Waals surface area contributed by atoms with E-state index < -0.39 is 0 Å². The lowest BCUT2D eigenvalue weighted by Gasteiger charge is -2.21. The summed E-state index contributed by atoms with van der Waals surface area (Å²) >= 11 is 0. The largest absolute Gasteiger partial charge is 0.271 e. The Hall–Kier alpha value is -2.23. The number of nitrogens with zero attached hydrogens (tertiary/aromatic N) is 1. The Bertz CT molecular complexity index is 747. The van der Waals surface area contributed by atoms with Gasteiger partial charge in [-0.05, 0) is 35.2 Å². The molecule has 0 aliphatic carbocycles. The number of benzene rings is 2. The summed E-state index contributed by atoms with van der Waals surface area (Å²) in [7, 11) is 0. The molecule has 0 aliphatic heterocycles. The Morgan fingerprint density at radius 1 is 1.00 bits per heavy atom. The summed E-state index contributed by atoms with van der Waals surface area (Å²) in [4.78, 5) is 4.43. The number of aromatic nitrogens is 1. The number of fused-ring (bicyclic) bond motifs is 1. The Morgan fingerprint density at radius 2 is 1.81 bits per heavy atom. The zero-order valence-corrected chi connectivity index (χ0v) is 12.1. The first-order valence-electron chi connectivity index (χ1n) is 7.22. The number of nitrogens with two attached hydrogens (primary N) is 1. The molecule has 0 radical (unpaired) electrons. The minimum absolute atomic E-state index is 0.0333. The van der Waals surface area contributed by atoms with E-state index in [1.165, 1.54) is 11.1 Å². The normalized spacial score (nSPS) is 12.5.